The van der Waals surface area contributed by atoms with Gasteiger partial charge in [-0.1, -0.05) is 18.2 Å². The van der Waals surface area contributed by atoms with Gasteiger partial charge in [-0.25, -0.2) is 13.2 Å². The van der Waals surface area contributed by atoms with E-state index in [2.05, 4.69) is 0 Å². The van der Waals surface area contributed by atoms with Crippen LogP contribution in [0.5, 0.6) is 0 Å². The Kier molecular flexibility index (Phi) is 5.28. The summed E-state index contributed by atoms with van der Waals surface area (Å²) in [5.74, 6) is -0.988. The molecule has 1 aromatic heterocycles. The van der Waals surface area contributed by atoms with E-state index < -0.39 is 15.8 Å². The van der Waals surface area contributed by atoms with Gasteiger partial charge in [0.05, 0.1) is 16.1 Å². The average Bonchev–Trinajstić information content (AvgIpc) is 2.97. The van der Waals surface area contributed by atoms with Crippen LogP contribution < -0.4 is 10.1 Å². The van der Waals surface area contributed by atoms with Crippen LogP contribution in [0.3, 0.4) is 0 Å². The molecule has 3 aromatic rings. The number of para-hydroxylation sites is 1. The fourth-order valence-corrected chi connectivity index (χ4v) is 4.34. The lowest BCUT2D eigenvalue weighted by molar-refractivity contribution is -0.129. The molecule has 0 bridgehead atoms. The summed E-state index contributed by atoms with van der Waals surface area (Å²) in [5, 5.41) is 0. The number of likely N-dealkylation sites (N-methyl/N-ethyl adjacent to an activating group) is 1. The maximum absolute atomic E-state index is 13.1. The average molecular weight is 403 g/mol. The lowest BCUT2D eigenvalue weighted by Gasteiger charge is -2.22. The Labute approximate surface area is 162 Å². The smallest absolute Gasteiger partial charge is 0.408 e. The number of amides is 1. The highest BCUT2D eigenvalue weighted by atomic mass is 32.2. The first kappa shape index (κ1) is 19.7. The molecule has 0 atom stereocenters. The Morgan fingerprint density at radius 3 is 2.39 bits per heavy atom. The standard InChI is InChI=1S/C19H21N3O5S/c1-4-22(14-8-6-5-7-9-14)28(25,26)15-10-11-16-17(12-15)27-19(24)21(16)13-18(23)20(2)3/h5-12H,4,13H2,1-3H3. The number of aromatic nitrogens is 1. The van der Waals surface area contributed by atoms with E-state index in [1.165, 1.54) is 32.0 Å². The van der Waals surface area contributed by atoms with E-state index in [1.807, 2.05) is 6.07 Å². The topological polar surface area (TPSA) is 92.8 Å². The second-order valence-electron chi connectivity index (χ2n) is 6.38. The van der Waals surface area contributed by atoms with Crippen molar-refractivity contribution in [3.63, 3.8) is 0 Å². The molecule has 0 aliphatic carbocycles. The van der Waals surface area contributed by atoms with Gasteiger partial charge in [-0.2, -0.15) is 0 Å². The summed E-state index contributed by atoms with van der Waals surface area (Å²) in [6.07, 6.45) is 0. The summed E-state index contributed by atoms with van der Waals surface area (Å²) in [6, 6.07) is 13.0. The Morgan fingerprint density at radius 1 is 1.11 bits per heavy atom. The van der Waals surface area contributed by atoms with Gasteiger partial charge in [0.15, 0.2) is 5.58 Å². The highest BCUT2D eigenvalue weighted by Gasteiger charge is 2.25. The van der Waals surface area contributed by atoms with Gasteiger partial charge < -0.3 is 9.32 Å². The van der Waals surface area contributed by atoms with Gasteiger partial charge in [-0.05, 0) is 31.2 Å². The number of sulfonamides is 1. The SMILES string of the molecule is CCN(c1ccccc1)S(=O)(=O)c1ccc2c(c1)oc(=O)n2CC(=O)N(C)C. The third kappa shape index (κ3) is 3.53. The van der Waals surface area contributed by atoms with Crippen LogP contribution in [0.4, 0.5) is 5.69 Å². The van der Waals surface area contributed by atoms with Crippen molar-refractivity contribution in [2.45, 2.75) is 18.4 Å². The number of rotatable bonds is 6. The van der Waals surface area contributed by atoms with Crippen LogP contribution in [0.2, 0.25) is 0 Å². The molecule has 2 aromatic carbocycles. The van der Waals surface area contributed by atoms with Gasteiger partial charge in [0, 0.05) is 26.7 Å². The maximum Gasteiger partial charge on any atom is 0.420 e. The van der Waals surface area contributed by atoms with Gasteiger partial charge in [-0.3, -0.25) is 13.7 Å². The molecule has 8 nitrogen and oxygen atoms in total. The van der Waals surface area contributed by atoms with E-state index >= 15 is 0 Å². The second kappa shape index (κ2) is 7.51. The molecule has 28 heavy (non-hydrogen) atoms. The highest BCUT2D eigenvalue weighted by Crippen LogP contribution is 2.25. The van der Waals surface area contributed by atoms with Crippen molar-refractivity contribution in [3.05, 3.63) is 59.1 Å². The largest absolute Gasteiger partial charge is 0.420 e. The normalized spacial score (nSPS) is 11.5. The molecule has 0 N–H and O–H groups in total. The van der Waals surface area contributed by atoms with Crippen LogP contribution >= 0.6 is 0 Å². The molecule has 9 heteroatoms. The maximum atomic E-state index is 13.1. The van der Waals surface area contributed by atoms with Crippen LogP contribution in [0.1, 0.15) is 6.92 Å². The summed E-state index contributed by atoms with van der Waals surface area (Å²) in [6.45, 7) is 1.80. The van der Waals surface area contributed by atoms with Crippen molar-refractivity contribution in [3.8, 4) is 0 Å². The zero-order chi connectivity index (χ0) is 20.5. The molecular formula is C19H21N3O5S. The van der Waals surface area contributed by atoms with Gasteiger partial charge in [0.1, 0.15) is 6.54 Å². The molecule has 1 amide bonds. The molecule has 3 rings (SSSR count). The third-order valence-electron chi connectivity index (χ3n) is 4.35. The fraction of sp³-hybridized carbons (Fsp3) is 0.263. The van der Waals surface area contributed by atoms with Crippen LogP contribution in [-0.4, -0.2) is 44.4 Å². The van der Waals surface area contributed by atoms with Crippen molar-refractivity contribution in [1.29, 1.82) is 0 Å². The number of carbonyl (C=O) groups is 1. The van der Waals surface area contributed by atoms with E-state index in [1.54, 1.807) is 45.3 Å². The van der Waals surface area contributed by atoms with Gasteiger partial charge >= 0.3 is 5.76 Å². The zero-order valence-electron chi connectivity index (χ0n) is 15.8. The minimum absolute atomic E-state index is 0.00513. The number of benzene rings is 2. The predicted octanol–water partition coefficient (Wildman–Crippen LogP) is 1.90. The third-order valence-corrected chi connectivity index (χ3v) is 6.25. The number of hydrogen-bond acceptors (Lipinski definition) is 5. The second-order valence-corrected chi connectivity index (χ2v) is 8.24. The summed E-state index contributed by atoms with van der Waals surface area (Å²) in [7, 11) is -0.676. The van der Waals surface area contributed by atoms with Crippen LogP contribution in [-0.2, 0) is 21.4 Å². The number of anilines is 1. The van der Waals surface area contributed by atoms with Gasteiger partial charge in [0.25, 0.3) is 10.0 Å². The molecule has 0 aliphatic heterocycles. The predicted molar refractivity (Wildman–Crippen MR) is 106 cm³/mol. The first-order valence-electron chi connectivity index (χ1n) is 8.67. The summed E-state index contributed by atoms with van der Waals surface area (Å²) in [4.78, 5) is 25.4. The molecule has 0 saturated carbocycles. The Balaban J connectivity index is 2.05. The highest BCUT2D eigenvalue weighted by molar-refractivity contribution is 7.92. The molecule has 0 aliphatic rings. The monoisotopic (exact) mass is 403 g/mol. The molecule has 1 heterocycles. The van der Waals surface area contributed by atoms with Crippen molar-refractivity contribution < 1.29 is 17.6 Å². The van der Waals surface area contributed by atoms with E-state index in [0.29, 0.717) is 11.2 Å². The van der Waals surface area contributed by atoms with Gasteiger partial charge in [0.2, 0.25) is 5.91 Å². The lowest BCUT2D eigenvalue weighted by Crippen LogP contribution is -2.30. The summed E-state index contributed by atoms with van der Waals surface area (Å²) < 4.78 is 33.9. The van der Waals surface area contributed by atoms with E-state index in [-0.39, 0.29) is 29.5 Å². The van der Waals surface area contributed by atoms with Crippen LogP contribution in [0.15, 0.2) is 62.6 Å². The zero-order valence-corrected chi connectivity index (χ0v) is 16.6. The molecule has 148 valence electrons. The van der Waals surface area contributed by atoms with Crippen molar-refractivity contribution in [2.24, 2.45) is 0 Å². The Hall–Kier alpha value is -3.07. The number of nitrogens with zero attached hydrogens (tertiary/aromatic N) is 3. The van der Waals surface area contributed by atoms with Gasteiger partial charge in [-0.15, -0.1) is 0 Å². The van der Waals surface area contributed by atoms with E-state index in [4.69, 9.17) is 4.42 Å². The molecular weight excluding hydrogens is 382 g/mol. The number of carbonyl (C=O) groups excluding carboxylic acids is 1. The van der Waals surface area contributed by atoms with Crippen molar-refractivity contribution in [1.82, 2.24) is 9.47 Å². The minimum Gasteiger partial charge on any atom is -0.408 e. The van der Waals surface area contributed by atoms with E-state index in [9.17, 15) is 18.0 Å². The summed E-state index contributed by atoms with van der Waals surface area (Å²) in [5.41, 5.74) is 1.02. The Morgan fingerprint density at radius 2 is 1.79 bits per heavy atom. The molecule has 0 fully saturated rings. The minimum atomic E-state index is -3.85. The molecule has 0 spiro atoms. The van der Waals surface area contributed by atoms with Crippen molar-refractivity contribution >= 4 is 32.7 Å². The number of oxazole rings is 1. The van der Waals surface area contributed by atoms with Crippen LogP contribution in [0, 0.1) is 0 Å². The van der Waals surface area contributed by atoms with E-state index in [0.717, 1.165) is 0 Å². The molecule has 0 saturated heterocycles. The molecule has 0 radical (unpaired) electrons. The number of hydrogen-bond donors (Lipinski definition) is 0. The van der Waals surface area contributed by atoms with Crippen molar-refractivity contribution in [2.75, 3.05) is 24.9 Å². The fourth-order valence-electron chi connectivity index (χ4n) is 2.85. The Bertz CT molecular complexity index is 1160. The first-order valence-corrected chi connectivity index (χ1v) is 10.1. The first-order chi connectivity index (χ1) is 13.3. The summed E-state index contributed by atoms with van der Waals surface area (Å²) >= 11 is 0. The van der Waals surface area contributed by atoms with Crippen LogP contribution in [0.25, 0.3) is 11.1 Å². The number of fused-ring (bicyclic) bond motifs is 1. The lowest BCUT2D eigenvalue weighted by atomic mass is 10.3. The molecule has 0 unspecified atom stereocenters. The quantitative estimate of drug-likeness (QED) is 0.627.